The van der Waals surface area contributed by atoms with Crippen LogP contribution in [-0.2, 0) is 11.8 Å². The van der Waals surface area contributed by atoms with E-state index < -0.39 is 0 Å². The topological polar surface area (TPSA) is 43.1 Å². The molecule has 0 unspecified atom stereocenters. The van der Waals surface area contributed by atoms with Crippen LogP contribution in [0.3, 0.4) is 0 Å². The Bertz CT molecular complexity index is 1080. The summed E-state index contributed by atoms with van der Waals surface area (Å²) in [6.45, 7) is 0.800. The SMILES string of the molecule is Cn1c([C@H]2CCCN2C(=O)C[C@@H](c2ccsc2)n2cccc2)nc2ccccc21. The Kier molecular flexibility index (Phi) is 4.72. The van der Waals surface area contributed by atoms with Gasteiger partial charge in [-0.1, -0.05) is 12.1 Å². The number of aryl methyl sites for hydroxylation is 1. The number of hydrogen-bond donors (Lipinski definition) is 0. The van der Waals surface area contributed by atoms with Crippen LogP contribution in [0.5, 0.6) is 0 Å². The summed E-state index contributed by atoms with van der Waals surface area (Å²) in [5.41, 5.74) is 3.30. The monoisotopic (exact) mass is 404 g/mol. The number of imidazole rings is 1. The summed E-state index contributed by atoms with van der Waals surface area (Å²) >= 11 is 1.67. The first-order valence-corrected chi connectivity index (χ1v) is 11.0. The fourth-order valence-electron chi connectivity index (χ4n) is 4.49. The second kappa shape index (κ2) is 7.52. The van der Waals surface area contributed by atoms with Crippen LogP contribution in [0, 0.1) is 0 Å². The molecule has 0 saturated carbocycles. The van der Waals surface area contributed by atoms with Crippen molar-refractivity contribution in [3.63, 3.8) is 0 Å². The first-order chi connectivity index (χ1) is 14.2. The molecule has 1 saturated heterocycles. The number of carbonyl (C=O) groups is 1. The first kappa shape index (κ1) is 18.2. The molecule has 1 amide bonds. The number of carbonyl (C=O) groups excluding carboxylic acids is 1. The molecule has 1 aromatic carbocycles. The van der Waals surface area contributed by atoms with E-state index in [0.717, 1.165) is 36.2 Å². The van der Waals surface area contributed by atoms with Crippen LogP contribution < -0.4 is 0 Å². The van der Waals surface area contributed by atoms with E-state index in [9.17, 15) is 4.79 Å². The van der Waals surface area contributed by atoms with Gasteiger partial charge in [-0.25, -0.2) is 4.98 Å². The fraction of sp³-hybridized carbons (Fsp3) is 0.304. The molecule has 5 rings (SSSR count). The van der Waals surface area contributed by atoms with Gasteiger partial charge in [-0.15, -0.1) is 0 Å². The smallest absolute Gasteiger partial charge is 0.225 e. The minimum atomic E-state index is 0.0328. The largest absolute Gasteiger partial charge is 0.346 e. The van der Waals surface area contributed by atoms with Gasteiger partial charge >= 0.3 is 0 Å². The summed E-state index contributed by atoms with van der Waals surface area (Å²) in [4.78, 5) is 20.4. The molecule has 4 heterocycles. The van der Waals surface area contributed by atoms with E-state index in [1.54, 1.807) is 11.3 Å². The highest BCUT2D eigenvalue weighted by Crippen LogP contribution is 2.35. The van der Waals surface area contributed by atoms with Crippen LogP contribution in [0.1, 0.15) is 42.7 Å². The van der Waals surface area contributed by atoms with E-state index >= 15 is 0 Å². The second-order valence-electron chi connectivity index (χ2n) is 7.67. The molecule has 1 aliphatic rings. The van der Waals surface area contributed by atoms with Crippen LogP contribution in [0.25, 0.3) is 11.0 Å². The van der Waals surface area contributed by atoms with Crippen molar-refractivity contribution in [2.45, 2.75) is 31.3 Å². The van der Waals surface area contributed by atoms with Crippen molar-refractivity contribution in [3.8, 4) is 0 Å². The maximum atomic E-state index is 13.4. The molecule has 1 fully saturated rings. The number of likely N-dealkylation sites (tertiary alicyclic amines) is 1. The van der Waals surface area contributed by atoms with E-state index in [0.29, 0.717) is 6.42 Å². The number of amides is 1. The van der Waals surface area contributed by atoms with Crippen molar-refractivity contribution in [3.05, 3.63) is 77.0 Å². The molecule has 4 aromatic rings. The van der Waals surface area contributed by atoms with Gasteiger partial charge in [-0.05, 0) is 59.5 Å². The zero-order chi connectivity index (χ0) is 19.8. The molecule has 0 aliphatic carbocycles. The average Bonchev–Trinajstić information content (AvgIpc) is 3.53. The minimum Gasteiger partial charge on any atom is -0.346 e. The van der Waals surface area contributed by atoms with Gasteiger partial charge in [-0.3, -0.25) is 4.79 Å². The Labute approximate surface area is 174 Å². The molecule has 3 aromatic heterocycles. The van der Waals surface area contributed by atoms with Crippen molar-refractivity contribution in [1.82, 2.24) is 19.0 Å². The quantitative estimate of drug-likeness (QED) is 0.480. The third-order valence-corrected chi connectivity index (χ3v) is 6.68. The third kappa shape index (κ3) is 3.27. The molecule has 148 valence electrons. The van der Waals surface area contributed by atoms with Crippen molar-refractivity contribution >= 4 is 28.3 Å². The number of aromatic nitrogens is 3. The van der Waals surface area contributed by atoms with Gasteiger partial charge in [0.1, 0.15) is 5.82 Å². The van der Waals surface area contributed by atoms with E-state index in [1.165, 1.54) is 5.56 Å². The summed E-state index contributed by atoms with van der Waals surface area (Å²) in [5, 5.41) is 4.22. The Morgan fingerprint density at radius 3 is 2.79 bits per heavy atom. The lowest BCUT2D eigenvalue weighted by Gasteiger charge is -2.27. The lowest BCUT2D eigenvalue weighted by atomic mass is 10.1. The molecule has 0 radical (unpaired) electrons. The van der Waals surface area contributed by atoms with Gasteiger partial charge in [-0.2, -0.15) is 11.3 Å². The molecule has 0 spiro atoms. The predicted molar refractivity (Wildman–Crippen MR) is 116 cm³/mol. The van der Waals surface area contributed by atoms with Gasteiger partial charge in [0.2, 0.25) is 5.91 Å². The van der Waals surface area contributed by atoms with Gasteiger partial charge < -0.3 is 14.0 Å². The van der Waals surface area contributed by atoms with Crippen LogP contribution in [0.2, 0.25) is 0 Å². The average molecular weight is 405 g/mol. The van der Waals surface area contributed by atoms with E-state index in [-0.39, 0.29) is 18.0 Å². The Hall–Kier alpha value is -2.86. The van der Waals surface area contributed by atoms with Crippen molar-refractivity contribution in [2.75, 3.05) is 6.54 Å². The molecular formula is C23H24N4OS. The zero-order valence-corrected chi connectivity index (χ0v) is 17.3. The summed E-state index contributed by atoms with van der Waals surface area (Å²) < 4.78 is 4.29. The van der Waals surface area contributed by atoms with Gasteiger partial charge in [0.05, 0.1) is 29.5 Å². The Balaban J connectivity index is 1.43. The number of thiophene rings is 1. The second-order valence-corrected chi connectivity index (χ2v) is 8.45. The van der Waals surface area contributed by atoms with E-state index in [2.05, 4.69) is 39.1 Å². The molecule has 0 N–H and O–H groups in total. The Morgan fingerprint density at radius 2 is 2.03 bits per heavy atom. The van der Waals surface area contributed by atoms with Crippen molar-refractivity contribution in [1.29, 1.82) is 0 Å². The third-order valence-electron chi connectivity index (χ3n) is 5.98. The molecule has 1 aliphatic heterocycles. The maximum absolute atomic E-state index is 13.4. The molecule has 0 bridgehead atoms. The molecule has 29 heavy (non-hydrogen) atoms. The fourth-order valence-corrected chi connectivity index (χ4v) is 5.20. The lowest BCUT2D eigenvalue weighted by molar-refractivity contribution is -0.132. The number of benzene rings is 1. The highest BCUT2D eigenvalue weighted by molar-refractivity contribution is 7.08. The maximum Gasteiger partial charge on any atom is 0.225 e. The van der Waals surface area contributed by atoms with E-state index in [1.807, 2.05) is 47.6 Å². The number of para-hydroxylation sites is 2. The summed E-state index contributed by atoms with van der Waals surface area (Å²) in [6, 6.07) is 14.4. The Morgan fingerprint density at radius 1 is 1.21 bits per heavy atom. The van der Waals surface area contributed by atoms with Crippen LogP contribution >= 0.6 is 11.3 Å². The normalized spacial score (nSPS) is 17.8. The van der Waals surface area contributed by atoms with Gasteiger partial charge in [0, 0.05) is 26.0 Å². The van der Waals surface area contributed by atoms with E-state index in [4.69, 9.17) is 4.98 Å². The molecule has 2 atom stereocenters. The standard InChI is InChI=1S/C23H24N4OS/c1-25-19-8-3-2-7-18(19)24-23(25)20-9-6-13-27(20)22(28)15-21(17-10-14-29-16-17)26-11-4-5-12-26/h2-5,7-8,10-12,14,16,20-21H,6,9,13,15H2,1H3/t20-,21+/m1/s1. The number of nitrogens with zero attached hydrogens (tertiary/aromatic N) is 4. The van der Waals surface area contributed by atoms with Crippen LogP contribution in [-0.4, -0.2) is 31.5 Å². The number of hydrogen-bond acceptors (Lipinski definition) is 3. The number of fused-ring (bicyclic) bond motifs is 1. The zero-order valence-electron chi connectivity index (χ0n) is 16.4. The summed E-state index contributed by atoms with van der Waals surface area (Å²) in [5.74, 6) is 1.19. The van der Waals surface area contributed by atoms with Crippen LogP contribution in [0.15, 0.2) is 65.6 Å². The minimum absolute atomic E-state index is 0.0328. The predicted octanol–water partition coefficient (Wildman–Crippen LogP) is 4.78. The summed E-state index contributed by atoms with van der Waals surface area (Å²) in [6.07, 6.45) is 6.54. The van der Waals surface area contributed by atoms with Crippen LogP contribution in [0.4, 0.5) is 0 Å². The molecular weight excluding hydrogens is 380 g/mol. The lowest BCUT2D eigenvalue weighted by Crippen LogP contribution is -2.33. The summed E-state index contributed by atoms with van der Waals surface area (Å²) in [7, 11) is 2.06. The first-order valence-electron chi connectivity index (χ1n) is 10.1. The highest BCUT2D eigenvalue weighted by atomic mass is 32.1. The number of rotatable bonds is 5. The van der Waals surface area contributed by atoms with Crippen molar-refractivity contribution in [2.24, 2.45) is 7.05 Å². The highest BCUT2D eigenvalue weighted by Gasteiger charge is 2.34. The van der Waals surface area contributed by atoms with Crippen molar-refractivity contribution < 1.29 is 4.79 Å². The van der Waals surface area contributed by atoms with Gasteiger partial charge in [0.25, 0.3) is 0 Å². The molecule has 6 heteroatoms. The molecule has 5 nitrogen and oxygen atoms in total. The van der Waals surface area contributed by atoms with Gasteiger partial charge in [0.15, 0.2) is 0 Å².